The summed E-state index contributed by atoms with van der Waals surface area (Å²) in [5, 5.41) is 8.25. The van der Waals surface area contributed by atoms with Crippen molar-refractivity contribution in [1.29, 1.82) is 0 Å². The lowest BCUT2D eigenvalue weighted by atomic mass is 10.2. The Kier molecular flexibility index (Phi) is 9.77. The summed E-state index contributed by atoms with van der Waals surface area (Å²) >= 11 is 0. The van der Waals surface area contributed by atoms with Gasteiger partial charge in [-0.15, -0.1) is 0 Å². The van der Waals surface area contributed by atoms with E-state index in [2.05, 4.69) is 16.0 Å². The third-order valence-electron chi connectivity index (χ3n) is 5.53. The number of carbonyl (C=O) groups excluding carboxylic acids is 3. The summed E-state index contributed by atoms with van der Waals surface area (Å²) in [6.07, 6.45) is 4.38. The van der Waals surface area contributed by atoms with Crippen LogP contribution in [0, 0.1) is 0 Å². The standard InChI is InChI=1S/C26H34N4O5/c1-3-34-22-14-9-19(17-23(22)35-4-2)25(32)27-18-24(31)28-20-10-12-21(13-11-20)29-26(33)30-15-7-5-6-8-16-30/h9-14,17H,3-8,15-16,18H2,1-2H3,(H,27,32)(H,28,31)(H,29,33). The van der Waals surface area contributed by atoms with Crippen molar-refractivity contribution >= 4 is 29.2 Å². The lowest BCUT2D eigenvalue weighted by Crippen LogP contribution is -2.35. The van der Waals surface area contributed by atoms with E-state index < -0.39 is 5.91 Å². The molecule has 3 rings (SSSR count). The number of urea groups is 1. The van der Waals surface area contributed by atoms with E-state index in [1.54, 1.807) is 42.5 Å². The second-order valence-electron chi connectivity index (χ2n) is 8.17. The van der Waals surface area contributed by atoms with Gasteiger partial charge in [0.15, 0.2) is 11.5 Å². The van der Waals surface area contributed by atoms with Gasteiger partial charge in [0, 0.05) is 30.0 Å². The average Bonchev–Trinajstić information content (AvgIpc) is 3.15. The molecule has 35 heavy (non-hydrogen) atoms. The van der Waals surface area contributed by atoms with Crippen LogP contribution in [0.5, 0.6) is 11.5 Å². The van der Waals surface area contributed by atoms with Crippen molar-refractivity contribution in [2.45, 2.75) is 39.5 Å². The Morgan fingerprint density at radius 1 is 0.800 bits per heavy atom. The Bertz CT molecular complexity index is 1000. The topological polar surface area (TPSA) is 109 Å². The minimum atomic E-state index is -0.393. The van der Waals surface area contributed by atoms with Gasteiger partial charge >= 0.3 is 6.03 Å². The molecule has 0 aliphatic carbocycles. The maximum absolute atomic E-state index is 12.5. The fraction of sp³-hybridized carbons (Fsp3) is 0.423. The summed E-state index contributed by atoms with van der Waals surface area (Å²) in [4.78, 5) is 39.1. The molecule has 1 fully saturated rings. The SMILES string of the molecule is CCOc1ccc(C(=O)NCC(=O)Nc2ccc(NC(=O)N3CCCCCC3)cc2)cc1OCC. The van der Waals surface area contributed by atoms with E-state index in [1.807, 2.05) is 18.7 Å². The fourth-order valence-electron chi connectivity index (χ4n) is 3.77. The molecule has 0 saturated carbocycles. The fourth-order valence-corrected chi connectivity index (χ4v) is 3.77. The van der Waals surface area contributed by atoms with Crippen molar-refractivity contribution in [3.8, 4) is 11.5 Å². The zero-order chi connectivity index (χ0) is 25.0. The third kappa shape index (κ3) is 7.91. The lowest BCUT2D eigenvalue weighted by molar-refractivity contribution is -0.115. The van der Waals surface area contributed by atoms with Crippen molar-refractivity contribution in [3.05, 3.63) is 48.0 Å². The van der Waals surface area contributed by atoms with Crippen LogP contribution in [0.4, 0.5) is 16.2 Å². The zero-order valence-electron chi connectivity index (χ0n) is 20.4. The summed E-state index contributed by atoms with van der Waals surface area (Å²) in [6, 6.07) is 11.7. The minimum absolute atomic E-state index is 0.104. The molecule has 9 nitrogen and oxygen atoms in total. The maximum Gasteiger partial charge on any atom is 0.321 e. The molecule has 1 aliphatic heterocycles. The molecule has 0 unspecified atom stereocenters. The van der Waals surface area contributed by atoms with Gasteiger partial charge in [0.2, 0.25) is 5.91 Å². The molecule has 1 saturated heterocycles. The number of anilines is 2. The van der Waals surface area contributed by atoms with Gasteiger partial charge < -0.3 is 30.3 Å². The third-order valence-corrected chi connectivity index (χ3v) is 5.53. The predicted octanol–water partition coefficient (Wildman–Crippen LogP) is 4.26. The van der Waals surface area contributed by atoms with Crippen molar-refractivity contribution in [2.75, 3.05) is 43.5 Å². The number of ether oxygens (including phenoxy) is 2. The molecule has 3 N–H and O–H groups in total. The molecule has 1 heterocycles. The molecule has 0 radical (unpaired) electrons. The van der Waals surface area contributed by atoms with Crippen molar-refractivity contribution in [2.24, 2.45) is 0 Å². The quantitative estimate of drug-likeness (QED) is 0.495. The Hall–Kier alpha value is -3.75. The van der Waals surface area contributed by atoms with E-state index >= 15 is 0 Å². The first kappa shape index (κ1) is 25.9. The highest BCUT2D eigenvalue weighted by atomic mass is 16.5. The smallest absolute Gasteiger partial charge is 0.321 e. The van der Waals surface area contributed by atoms with Gasteiger partial charge in [-0.25, -0.2) is 4.79 Å². The van der Waals surface area contributed by atoms with E-state index in [9.17, 15) is 14.4 Å². The largest absolute Gasteiger partial charge is 0.490 e. The Morgan fingerprint density at radius 2 is 1.40 bits per heavy atom. The summed E-state index contributed by atoms with van der Waals surface area (Å²) < 4.78 is 11.1. The maximum atomic E-state index is 12.5. The Morgan fingerprint density at radius 3 is 2.03 bits per heavy atom. The molecule has 0 aromatic heterocycles. The number of likely N-dealkylation sites (tertiary alicyclic amines) is 1. The van der Waals surface area contributed by atoms with E-state index in [4.69, 9.17) is 9.47 Å². The van der Waals surface area contributed by atoms with E-state index in [1.165, 1.54) is 0 Å². The van der Waals surface area contributed by atoms with Gasteiger partial charge in [-0.3, -0.25) is 9.59 Å². The number of benzene rings is 2. The Balaban J connectivity index is 1.48. The molecule has 1 aliphatic rings. The van der Waals surface area contributed by atoms with Crippen LogP contribution in [-0.2, 0) is 4.79 Å². The molecule has 188 valence electrons. The van der Waals surface area contributed by atoms with Crippen LogP contribution >= 0.6 is 0 Å². The van der Waals surface area contributed by atoms with Gasteiger partial charge in [-0.05, 0) is 69.2 Å². The summed E-state index contributed by atoms with van der Waals surface area (Å²) in [5.74, 6) is 0.288. The first-order valence-electron chi connectivity index (χ1n) is 12.1. The van der Waals surface area contributed by atoms with Crippen LogP contribution in [0.1, 0.15) is 49.9 Å². The molecule has 2 aromatic rings. The molecule has 4 amide bonds. The van der Waals surface area contributed by atoms with Crippen molar-refractivity contribution in [3.63, 3.8) is 0 Å². The van der Waals surface area contributed by atoms with Crippen molar-refractivity contribution in [1.82, 2.24) is 10.2 Å². The molecular weight excluding hydrogens is 448 g/mol. The van der Waals surface area contributed by atoms with Crippen LogP contribution in [0.3, 0.4) is 0 Å². The van der Waals surface area contributed by atoms with Gasteiger partial charge in [0.25, 0.3) is 5.91 Å². The predicted molar refractivity (Wildman–Crippen MR) is 135 cm³/mol. The molecule has 9 heteroatoms. The highest BCUT2D eigenvalue weighted by molar-refractivity contribution is 5.99. The van der Waals surface area contributed by atoms with E-state index in [-0.39, 0.29) is 18.5 Å². The first-order chi connectivity index (χ1) is 17.0. The zero-order valence-corrected chi connectivity index (χ0v) is 20.4. The highest BCUT2D eigenvalue weighted by Crippen LogP contribution is 2.28. The number of nitrogens with zero attached hydrogens (tertiary/aromatic N) is 1. The molecule has 0 bridgehead atoms. The molecular formula is C26H34N4O5. The molecule has 0 spiro atoms. The van der Waals surface area contributed by atoms with Gasteiger partial charge in [-0.1, -0.05) is 12.8 Å². The molecule has 2 aromatic carbocycles. The summed E-state index contributed by atoms with van der Waals surface area (Å²) in [5.41, 5.74) is 1.59. The number of rotatable bonds is 9. The number of carbonyl (C=O) groups is 3. The van der Waals surface area contributed by atoms with Gasteiger partial charge in [0.1, 0.15) is 0 Å². The number of hydrogen-bond acceptors (Lipinski definition) is 5. The number of nitrogens with one attached hydrogen (secondary N) is 3. The number of hydrogen-bond donors (Lipinski definition) is 3. The van der Waals surface area contributed by atoms with Crippen LogP contribution < -0.4 is 25.4 Å². The number of amides is 4. The van der Waals surface area contributed by atoms with Crippen LogP contribution in [0.15, 0.2) is 42.5 Å². The van der Waals surface area contributed by atoms with E-state index in [0.717, 1.165) is 38.8 Å². The molecule has 0 atom stereocenters. The highest BCUT2D eigenvalue weighted by Gasteiger charge is 2.16. The normalized spacial score (nSPS) is 13.4. The minimum Gasteiger partial charge on any atom is -0.490 e. The second kappa shape index (κ2) is 13.2. The van der Waals surface area contributed by atoms with Crippen LogP contribution in [0.2, 0.25) is 0 Å². The van der Waals surface area contributed by atoms with Crippen molar-refractivity contribution < 1.29 is 23.9 Å². The van der Waals surface area contributed by atoms with Gasteiger partial charge in [0.05, 0.1) is 19.8 Å². The first-order valence-corrected chi connectivity index (χ1v) is 12.1. The summed E-state index contributed by atoms with van der Waals surface area (Å²) in [7, 11) is 0. The van der Waals surface area contributed by atoms with Gasteiger partial charge in [-0.2, -0.15) is 0 Å². The lowest BCUT2D eigenvalue weighted by Gasteiger charge is -2.20. The van der Waals surface area contributed by atoms with Crippen LogP contribution in [0.25, 0.3) is 0 Å². The Labute approximate surface area is 206 Å². The monoisotopic (exact) mass is 482 g/mol. The summed E-state index contributed by atoms with van der Waals surface area (Å²) in [6.45, 7) is 6.00. The second-order valence-corrected chi connectivity index (χ2v) is 8.17. The average molecular weight is 483 g/mol. The van der Waals surface area contributed by atoms with Crippen LogP contribution in [-0.4, -0.2) is 55.6 Å². The van der Waals surface area contributed by atoms with E-state index in [0.29, 0.717) is 41.7 Å².